The predicted octanol–water partition coefficient (Wildman–Crippen LogP) is 10.1. The second-order valence-corrected chi connectivity index (χ2v) is 12.1. The Morgan fingerprint density at radius 3 is 1.06 bits per heavy atom. The molecule has 4 heteroatoms. The smallest absolute Gasteiger partial charge is 0.150 e. The van der Waals surface area contributed by atoms with Gasteiger partial charge in [-0.25, -0.2) is 0 Å². The molecule has 1 atom stereocenters. The number of unbranched alkanes of at least 4 members (excludes halogenated alkanes) is 18. The molecule has 0 bridgehead atoms. The van der Waals surface area contributed by atoms with E-state index in [9.17, 15) is 14.4 Å². The number of carbonyl (C=O) groups excluding carboxylic acids is 3. The van der Waals surface area contributed by atoms with E-state index in [1.807, 2.05) is 0 Å². The van der Waals surface area contributed by atoms with Crippen molar-refractivity contribution in [3.8, 4) is 0 Å². The lowest BCUT2D eigenvalue weighted by atomic mass is 9.85. The summed E-state index contributed by atoms with van der Waals surface area (Å²) in [5, 5.41) is -1.19. The first kappa shape index (κ1) is 35.4. The highest BCUT2D eigenvalue weighted by atomic mass is 31.0. The summed E-state index contributed by atoms with van der Waals surface area (Å²) in [4.78, 5) is 39.4. The van der Waals surface area contributed by atoms with E-state index in [0.717, 1.165) is 51.4 Å². The van der Waals surface area contributed by atoms with E-state index in [-0.39, 0.29) is 23.8 Å². The molecule has 0 spiro atoms. The fourth-order valence-corrected chi connectivity index (χ4v) is 5.48. The average molecular weight is 525 g/mol. The van der Waals surface area contributed by atoms with E-state index >= 15 is 0 Å². The fraction of sp³-hybridized carbons (Fsp3) is 0.906. The molecule has 1 unspecified atom stereocenters. The molecule has 0 radical (unpaired) electrons. The van der Waals surface area contributed by atoms with E-state index in [4.69, 9.17) is 0 Å². The SMILES string of the molecule is CCCCCCCCCC(=O)CC(P)(C(=O)CCCCCCCCC)C(=O)CCCCCCCCC. The van der Waals surface area contributed by atoms with E-state index < -0.39 is 5.16 Å². The summed E-state index contributed by atoms with van der Waals surface area (Å²) in [5.41, 5.74) is 0. The third-order valence-electron chi connectivity index (χ3n) is 7.55. The van der Waals surface area contributed by atoms with Crippen LogP contribution in [0.5, 0.6) is 0 Å². The number of rotatable bonds is 28. The van der Waals surface area contributed by atoms with Gasteiger partial charge in [0.1, 0.15) is 10.9 Å². The van der Waals surface area contributed by atoms with Crippen molar-refractivity contribution in [2.24, 2.45) is 0 Å². The van der Waals surface area contributed by atoms with Crippen molar-refractivity contribution in [3.05, 3.63) is 0 Å². The van der Waals surface area contributed by atoms with Gasteiger partial charge in [-0.05, 0) is 19.3 Å². The quantitative estimate of drug-likeness (QED) is 0.0581. The van der Waals surface area contributed by atoms with Gasteiger partial charge in [0, 0.05) is 25.7 Å². The van der Waals surface area contributed by atoms with Crippen LogP contribution in [0.1, 0.15) is 181 Å². The van der Waals surface area contributed by atoms with Crippen LogP contribution in [0.4, 0.5) is 0 Å². The number of Topliss-reactive ketones (excluding diaryl/α,β-unsaturated/α-hetero) is 3. The molecule has 0 rings (SSSR count). The first-order chi connectivity index (χ1) is 17.4. The highest BCUT2D eigenvalue weighted by molar-refractivity contribution is 7.23. The minimum absolute atomic E-state index is 0.0260. The Morgan fingerprint density at radius 1 is 0.444 bits per heavy atom. The Balaban J connectivity index is 4.68. The Morgan fingerprint density at radius 2 is 0.722 bits per heavy atom. The molecule has 0 fully saturated rings. The second kappa shape index (κ2) is 24.8. The van der Waals surface area contributed by atoms with Crippen LogP contribution in [0.15, 0.2) is 0 Å². The first-order valence-corrected chi connectivity index (χ1v) is 16.4. The van der Waals surface area contributed by atoms with Crippen LogP contribution >= 0.6 is 9.24 Å². The third kappa shape index (κ3) is 18.6. The van der Waals surface area contributed by atoms with E-state index in [1.165, 1.54) is 83.5 Å². The number of hydrogen-bond donors (Lipinski definition) is 0. The van der Waals surface area contributed by atoms with Crippen molar-refractivity contribution in [3.63, 3.8) is 0 Å². The Kier molecular flexibility index (Phi) is 24.4. The van der Waals surface area contributed by atoms with E-state index in [1.54, 1.807) is 0 Å². The van der Waals surface area contributed by atoms with Gasteiger partial charge < -0.3 is 0 Å². The molecule has 0 amide bonds. The molecular formula is C32H61O3P. The van der Waals surface area contributed by atoms with Gasteiger partial charge in [-0.15, -0.1) is 9.24 Å². The van der Waals surface area contributed by atoms with Crippen LogP contribution in [0.25, 0.3) is 0 Å². The molecule has 0 aliphatic heterocycles. The summed E-state index contributed by atoms with van der Waals surface area (Å²) >= 11 is 0. The summed E-state index contributed by atoms with van der Waals surface area (Å²) in [7, 11) is 2.57. The summed E-state index contributed by atoms with van der Waals surface area (Å²) in [6, 6.07) is 0. The lowest BCUT2D eigenvalue weighted by Crippen LogP contribution is -2.42. The maximum absolute atomic E-state index is 13.3. The lowest BCUT2D eigenvalue weighted by molar-refractivity contribution is -0.134. The molecule has 0 heterocycles. The van der Waals surface area contributed by atoms with Crippen molar-refractivity contribution in [2.75, 3.05) is 0 Å². The largest absolute Gasteiger partial charge is 0.300 e. The van der Waals surface area contributed by atoms with Crippen LogP contribution in [-0.2, 0) is 14.4 Å². The van der Waals surface area contributed by atoms with Gasteiger partial charge in [0.15, 0.2) is 11.6 Å². The first-order valence-electron chi connectivity index (χ1n) is 15.8. The second-order valence-electron chi connectivity index (χ2n) is 11.1. The fourth-order valence-electron chi connectivity index (χ4n) is 4.96. The molecule has 0 aliphatic carbocycles. The zero-order chi connectivity index (χ0) is 26.9. The summed E-state index contributed by atoms with van der Waals surface area (Å²) in [5.74, 6) is 0.0308. The van der Waals surface area contributed by atoms with E-state index in [2.05, 4.69) is 30.0 Å². The van der Waals surface area contributed by atoms with Gasteiger partial charge in [0.25, 0.3) is 0 Å². The molecule has 0 saturated heterocycles. The summed E-state index contributed by atoms with van der Waals surface area (Å²) in [6.45, 7) is 6.66. The summed E-state index contributed by atoms with van der Waals surface area (Å²) < 4.78 is 0. The topological polar surface area (TPSA) is 51.2 Å². The standard InChI is InChI=1S/C32H61O3P/c1-4-7-10-13-16-19-22-25-29(33)28-32(36,30(34)26-23-20-17-14-11-8-5-2)31(35)27-24-21-18-15-12-9-6-3/h4-28,36H2,1-3H3. The van der Waals surface area contributed by atoms with Crippen LogP contribution < -0.4 is 0 Å². The highest BCUT2D eigenvalue weighted by Gasteiger charge is 2.41. The Hall–Kier alpha value is -0.560. The van der Waals surface area contributed by atoms with Crippen molar-refractivity contribution in [2.45, 2.75) is 186 Å². The van der Waals surface area contributed by atoms with Crippen molar-refractivity contribution in [1.82, 2.24) is 0 Å². The molecule has 3 nitrogen and oxygen atoms in total. The molecule has 0 aromatic heterocycles. The van der Waals surface area contributed by atoms with Crippen molar-refractivity contribution < 1.29 is 14.4 Å². The van der Waals surface area contributed by atoms with E-state index in [0.29, 0.717) is 19.3 Å². The lowest BCUT2D eigenvalue weighted by Gasteiger charge is -2.26. The highest BCUT2D eigenvalue weighted by Crippen LogP contribution is 2.31. The van der Waals surface area contributed by atoms with Gasteiger partial charge >= 0.3 is 0 Å². The Labute approximate surface area is 227 Å². The predicted molar refractivity (Wildman–Crippen MR) is 160 cm³/mol. The molecule has 212 valence electrons. The average Bonchev–Trinajstić information content (AvgIpc) is 2.86. The summed E-state index contributed by atoms with van der Waals surface area (Å²) in [6.07, 6.45) is 25.6. The van der Waals surface area contributed by atoms with Crippen molar-refractivity contribution in [1.29, 1.82) is 0 Å². The van der Waals surface area contributed by atoms with Gasteiger partial charge in [-0.3, -0.25) is 14.4 Å². The van der Waals surface area contributed by atoms with Crippen LogP contribution in [0.2, 0.25) is 0 Å². The van der Waals surface area contributed by atoms with Gasteiger partial charge in [-0.2, -0.15) is 0 Å². The van der Waals surface area contributed by atoms with Gasteiger partial charge in [0.2, 0.25) is 0 Å². The molecule has 0 aromatic carbocycles. The number of ketones is 3. The van der Waals surface area contributed by atoms with Crippen LogP contribution in [0, 0.1) is 0 Å². The van der Waals surface area contributed by atoms with Crippen LogP contribution in [-0.4, -0.2) is 22.5 Å². The molecular weight excluding hydrogens is 463 g/mol. The van der Waals surface area contributed by atoms with Crippen molar-refractivity contribution >= 4 is 26.6 Å². The van der Waals surface area contributed by atoms with Gasteiger partial charge in [0.05, 0.1) is 0 Å². The van der Waals surface area contributed by atoms with Crippen LogP contribution in [0.3, 0.4) is 0 Å². The maximum Gasteiger partial charge on any atom is 0.150 e. The van der Waals surface area contributed by atoms with Gasteiger partial charge in [-0.1, -0.05) is 136 Å². The zero-order valence-corrected chi connectivity index (χ0v) is 25.6. The molecule has 0 saturated carbocycles. The molecule has 0 aromatic rings. The number of carbonyl (C=O) groups is 3. The Bertz CT molecular complexity index is 528. The third-order valence-corrected chi connectivity index (χ3v) is 8.39. The monoisotopic (exact) mass is 524 g/mol. The number of hydrogen-bond acceptors (Lipinski definition) is 3. The minimum atomic E-state index is -1.19. The minimum Gasteiger partial charge on any atom is -0.300 e. The zero-order valence-electron chi connectivity index (χ0n) is 24.5. The molecule has 36 heavy (non-hydrogen) atoms. The normalized spacial score (nSPS) is 11.7. The molecule has 0 N–H and O–H groups in total. The maximum atomic E-state index is 13.3. The molecule has 0 aliphatic rings.